The van der Waals surface area contributed by atoms with Gasteiger partial charge in [0.05, 0.1) is 21.3 Å². The van der Waals surface area contributed by atoms with Crippen molar-refractivity contribution in [3.8, 4) is 17.2 Å². The summed E-state index contributed by atoms with van der Waals surface area (Å²) < 4.78 is 16.1. The molecule has 18 heavy (non-hydrogen) atoms. The van der Waals surface area contributed by atoms with Crippen LogP contribution in [0, 0.1) is 0 Å². The monoisotopic (exact) mass is 251 g/mol. The molecule has 1 fully saturated rings. The van der Waals surface area contributed by atoms with Gasteiger partial charge in [-0.15, -0.1) is 0 Å². The van der Waals surface area contributed by atoms with E-state index in [-0.39, 0.29) is 0 Å². The van der Waals surface area contributed by atoms with Crippen molar-refractivity contribution in [2.24, 2.45) is 0 Å². The van der Waals surface area contributed by atoms with E-state index in [4.69, 9.17) is 14.2 Å². The molecule has 100 valence electrons. The molecular formula is C14H21NO3. The molecule has 0 aromatic heterocycles. The third kappa shape index (κ3) is 2.25. The van der Waals surface area contributed by atoms with Crippen molar-refractivity contribution in [2.75, 3.05) is 35.4 Å². The van der Waals surface area contributed by atoms with E-state index >= 15 is 0 Å². The van der Waals surface area contributed by atoms with Crippen LogP contribution in [0.25, 0.3) is 0 Å². The van der Waals surface area contributed by atoms with Gasteiger partial charge in [0.25, 0.3) is 0 Å². The van der Waals surface area contributed by atoms with Gasteiger partial charge >= 0.3 is 0 Å². The number of nitrogens with zero attached hydrogens (tertiary/aromatic N) is 1. The van der Waals surface area contributed by atoms with E-state index in [2.05, 4.69) is 31.1 Å². The Morgan fingerprint density at radius 1 is 1.00 bits per heavy atom. The van der Waals surface area contributed by atoms with Crippen LogP contribution in [-0.2, 0) is 0 Å². The largest absolute Gasteiger partial charge is 0.493 e. The van der Waals surface area contributed by atoms with Crippen LogP contribution >= 0.6 is 0 Å². The Morgan fingerprint density at radius 2 is 1.56 bits per heavy atom. The molecule has 4 heteroatoms. The van der Waals surface area contributed by atoms with E-state index in [1.54, 1.807) is 21.3 Å². The van der Waals surface area contributed by atoms with Crippen LogP contribution in [0.3, 0.4) is 0 Å². The van der Waals surface area contributed by atoms with Gasteiger partial charge in [0.1, 0.15) is 0 Å². The summed E-state index contributed by atoms with van der Waals surface area (Å²) in [6.07, 6.45) is 1.19. The number of methoxy groups -OCH3 is 3. The van der Waals surface area contributed by atoms with Crippen LogP contribution in [-0.4, -0.2) is 46.4 Å². The van der Waals surface area contributed by atoms with Crippen molar-refractivity contribution in [1.82, 2.24) is 4.90 Å². The second kappa shape index (κ2) is 5.06. The third-order valence-electron chi connectivity index (χ3n) is 3.54. The predicted octanol–water partition coefficient (Wildman–Crippen LogP) is 2.13. The molecule has 0 heterocycles. The summed E-state index contributed by atoms with van der Waals surface area (Å²) in [6, 6.07) is 4.72. The average molecular weight is 251 g/mol. The Bertz CT molecular complexity index is 406. The standard InChI is InChI=1S/C14H21NO3/c1-15(2)11-8-10(11)9-6-12(16-3)14(18-5)13(7-9)17-4/h6-7,10-11H,8H2,1-5H3/t10-,11+/m0/s1. The molecule has 2 rings (SSSR count). The molecule has 0 bridgehead atoms. The summed E-state index contributed by atoms with van der Waals surface area (Å²) in [4.78, 5) is 2.26. The minimum Gasteiger partial charge on any atom is -0.493 e. The molecule has 1 aliphatic carbocycles. The number of benzene rings is 1. The molecule has 0 amide bonds. The van der Waals surface area contributed by atoms with Crippen molar-refractivity contribution >= 4 is 0 Å². The second-order valence-corrected chi connectivity index (χ2v) is 4.83. The minimum absolute atomic E-state index is 0.564. The summed E-state index contributed by atoms with van der Waals surface area (Å²) in [5.41, 5.74) is 1.25. The van der Waals surface area contributed by atoms with E-state index in [1.165, 1.54) is 12.0 Å². The zero-order valence-electron chi connectivity index (χ0n) is 11.7. The fourth-order valence-electron chi connectivity index (χ4n) is 2.43. The molecule has 0 spiro atoms. The topological polar surface area (TPSA) is 30.9 Å². The van der Waals surface area contributed by atoms with Crippen LogP contribution in [0.15, 0.2) is 12.1 Å². The molecule has 0 aliphatic heterocycles. The SMILES string of the molecule is COc1cc([C@@H]2C[C@H]2N(C)C)cc(OC)c1OC. The van der Waals surface area contributed by atoms with Crippen molar-refractivity contribution in [2.45, 2.75) is 18.4 Å². The lowest BCUT2D eigenvalue weighted by molar-refractivity contribution is 0.323. The lowest BCUT2D eigenvalue weighted by Crippen LogP contribution is -2.15. The molecule has 1 saturated carbocycles. The van der Waals surface area contributed by atoms with Crippen LogP contribution in [0.1, 0.15) is 17.9 Å². The first-order valence-corrected chi connectivity index (χ1v) is 6.08. The summed E-state index contributed by atoms with van der Waals surface area (Å²) in [5, 5.41) is 0. The zero-order chi connectivity index (χ0) is 13.3. The number of hydrogen-bond acceptors (Lipinski definition) is 4. The van der Waals surface area contributed by atoms with Crippen molar-refractivity contribution in [3.05, 3.63) is 17.7 Å². The van der Waals surface area contributed by atoms with E-state index in [1.807, 2.05) is 0 Å². The average Bonchev–Trinajstić information content (AvgIpc) is 3.17. The highest BCUT2D eigenvalue weighted by Gasteiger charge is 2.40. The van der Waals surface area contributed by atoms with Gasteiger partial charge in [-0.3, -0.25) is 0 Å². The molecule has 0 radical (unpaired) electrons. The Labute approximate surface area is 108 Å². The summed E-state index contributed by atoms with van der Waals surface area (Å²) in [7, 11) is 9.15. The maximum absolute atomic E-state index is 5.37. The van der Waals surface area contributed by atoms with Gasteiger partial charge in [-0.2, -0.15) is 0 Å². The number of rotatable bonds is 5. The molecule has 0 N–H and O–H groups in total. The number of hydrogen-bond donors (Lipinski definition) is 0. The lowest BCUT2D eigenvalue weighted by atomic mass is 10.1. The minimum atomic E-state index is 0.564. The third-order valence-corrected chi connectivity index (χ3v) is 3.54. The second-order valence-electron chi connectivity index (χ2n) is 4.83. The first kappa shape index (κ1) is 13.0. The Morgan fingerprint density at radius 3 is 1.89 bits per heavy atom. The van der Waals surface area contributed by atoms with Crippen LogP contribution in [0.2, 0.25) is 0 Å². The highest BCUT2D eigenvalue weighted by Crippen LogP contribution is 2.48. The summed E-state index contributed by atoms with van der Waals surface area (Å²) in [6.45, 7) is 0. The van der Waals surface area contributed by atoms with Crippen molar-refractivity contribution in [3.63, 3.8) is 0 Å². The maximum atomic E-state index is 5.37. The van der Waals surface area contributed by atoms with Crippen molar-refractivity contribution in [1.29, 1.82) is 0 Å². The highest BCUT2D eigenvalue weighted by molar-refractivity contribution is 5.55. The molecule has 2 atom stereocenters. The van der Waals surface area contributed by atoms with Crippen molar-refractivity contribution < 1.29 is 14.2 Å². The van der Waals surface area contributed by atoms with Gasteiger partial charge in [-0.05, 0) is 38.2 Å². The van der Waals surface area contributed by atoms with Gasteiger partial charge in [0.2, 0.25) is 5.75 Å². The normalized spacial score (nSPS) is 21.9. The molecule has 4 nitrogen and oxygen atoms in total. The van der Waals surface area contributed by atoms with E-state index < -0.39 is 0 Å². The smallest absolute Gasteiger partial charge is 0.203 e. The maximum Gasteiger partial charge on any atom is 0.203 e. The molecule has 0 unspecified atom stereocenters. The summed E-state index contributed by atoms with van der Waals surface area (Å²) >= 11 is 0. The van der Waals surface area contributed by atoms with Gasteiger partial charge < -0.3 is 19.1 Å². The number of ether oxygens (including phenoxy) is 3. The van der Waals surface area contributed by atoms with Gasteiger partial charge in [-0.1, -0.05) is 0 Å². The van der Waals surface area contributed by atoms with E-state index in [9.17, 15) is 0 Å². The fraction of sp³-hybridized carbons (Fsp3) is 0.571. The molecule has 0 saturated heterocycles. The molecule has 1 aromatic carbocycles. The highest BCUT2D eigenvalue weighted by atomic mass is 16.5. The van der Waals surface area contributed by atoms with Gasteiger partial charge in [-0.25, -0.2) is 0 Å². The quantitative estimate of drug-likeness (QED) is 0.802. The van der Waals surface area contributed by atoms with Crippen LogP contribution < -0.4 is 14.2 Å². The molecule has 1 aromatic rings. The molecule has 1 aliphatic rings. The van der Waals surface area contributed by atoms with Gasteiger partial charge in [0.15, 0.2) is 11.5 Å². The van der Waals surface area contributed by atoms with Crippen LogP contribution in [0.5, 0.6) is 17.2 Å². The summed E-state index contributed by atoms with van der Waals surface area (Å²) in [5.74, 6) is 2.69. The van der Waals surface area contributed by atoms with Crippen LogP contribution in [0.4, 0.5) is 0 Å². The lowest BCUT2D eigenvalue weighted by Gasteiger charge is -2.15. The van der Waals surface area contributed by atoms with Gasteiger partial charge in [0, 0.05) is 12.0 Å². The first-order chi connectivity index (χ1) is 8.62. The predicted molar refractivity (Wildman–Crippen MR) is 70.9 cm³/mol. The fourth-order valence-corrected chi connectivity index (χ4v) is 2.43. The van der Waals surface area contributed by atoms with E-state index in [0.717, 1.165) is 11.5 Å². The Balaban J connectivity index is 2.33. The van der Waals surface area contributed by atoms with E-state index in [0.29, 0.717) is 17.7 Å². The Hall–Kier alpha value is -1.42. The molecular weight excluding hydrogens is 230 g/mol. The number of likely N-dealkylation sites (N-methyl/N-ethyl adjacent to an activating group) is 1. The first-order valence-electron chi connectivity index (χ1n) is 6.08. The Kier molecular flexibility index (Phi) is 3.66. The zero-order valence-corrected chi connectivity index (χ0v) is 11.7.